The fourth-order valence-corrected chi connectivity index (χ4v) is 3.54. The predicted octanol–water partition coefficient (Wildman–Crippen LogP) is 0.485. The number of aliphatic carboxylic acids is 1. The Hall–Kier alpha value is -2.42. The lowest BCUT2D eigenvalue weighted by molar-refractivity contribution is -0.137. The van der Waals surface area contributed by atoms with Crippen molar-refractivity contribution in [2.75, 3.05) is 6.54 Å². The van der Waals surface area contributed by atoms with Gasteiger partial charge in [0.15, 0.2) is 0 Å². The third kappa shape index (κ3) is 4.54. The van der Waals surface area contributed by atoms with Gasteiger partial charge < -0.3 is 10.4 Å². The van der Waals surface area contributed by atoms with E-state index >= 15 is 0 Å². The summed E-state index contributed by atoms with van der Waals surface area (Å²) >= 11 is 0. The number of nitrogens with one attached hydrogen (secondary N) is 2. The molecule has 24 heavy (non-hydrogen) atoms. The molecule has 1 aromatic rings. The molecule has 1 unspecified atom stereocenters. The first-order valence-electron chi connectivity index (χ1n) is 7.48. The van der Waals surface area contributed by atoms with E-state index in [0.29, 0.717) is 12.0 Å². The van der Waals surface area contributed by atoms with Crippen molar-refractivity contribution in [3.05, 3.63) is 29.8 Å². The molecule has 1 heterocycles. The zero-order valence-corrected chi connectivity index (χ0v) is 14.0. The second-order valence-corrected chi connectivity index (χ2v) is 7.13. The van der Waals surface area contributed by atoms with Gasteiger partial charge in [-0.3, -0.25) is 19.3 Å². The lowest BCUT2D eigenvalue weighted by atomic mass is 10.2. The number of benzene rings is 1. The molecule has 0 saturated carbocycles. The summed E-state index contributed by atoms with van der Waals surface area (Å²) in [5.74, 6) is -0.931. The fraction of sp³-hybridized carbons (Fsp3) is 0.400. The summed E-state index contributed by atoms with van der Waals surface area (Å²) in [6.07, 6.45) is 0.439. The summed E-state index contributed by atoms with van der Waals surface area (Å²) in [4.78, 5) is 26.6. The third-order valence-corrected chi connectivity index (χ3v) is 4.78. The molecule has 130 valence electrons. The number of carboxylic acid groups (broad SMARTS) is 1. The van der Waals surface area contributed by atoms with Crippen LogP contribution >= 0.6 is 0 Å². The van der Waals surface area contributed by atoms with E-state index in [-0.39, 0.29) is 36.0 Å². The molecule has 0 aromatic heterocycles. The fourth-order valence-electron chi connectivity index (χ4n) is 2.30. The van der Waals surface area contributed by atoms with Crippen LogP contribution in [0.2, 0.25) is 0 Å². The van der Waals surface area contributed by atoms with E-state index in [9.17, 15) is 18.0 Å². The molecule has 9 heteroatoms. The molecule has 0 spiro atoms. The van der Waals surface area contributed by atoms with Gasteiger partial charge in [-0.2, -0.15) is 0 Å². The Balaban J connectivity index is 1.95. The Bertz CT molecular complexity index is 773. The number of hydrogen-bond acceptors (Lipinski definition) is 5. The Morgan fingerprint density at radius 1 is 1.33 bits per heavy atom. The van der Waals surface area contributed by atoms with Crippen molar-refractivity contribution in [2.45, 2.75) is 37.1 Å². The number of hydrogen-bond donors (Lipinski definition) is 3. The summed E-state index contributed by atoms with van der Waals surface area (Å²) in [5.41, 5.74) is 0.492. The first-order chi connectivity index (χ1) is 11.3. The Labute approximate surface area is 140 Å². The van der Waals surface area contributed by atoms with Crippen LogP contribution < -0.4 is 10.0 Å². The van der Waals surface area contributed by atoms with Crippen LogP contribution in [0.15, 0.2) is 34.2 Å². The number of carbonyl (C=O) groups is 2. The zero-order valence-electron chi connectivity index (χ0n) is 13.2. The number of amidine groups is 1. The zero-order chi connectivity index (χ0) is 17.7. The van der Waals surface area contributed by atoms with Gasteiger partial charge in [-0.1, -0.05) is 12.1 Å². The second-order valence-electron chi connectivity index (χ2n) is 5.48. The summed E-state index contributed by atoms with van der Waals surface area (Å²) in [5, 5.41) is 11.1. The quantitative estimate of drug-likeness (QED) is 0.615. The molecule has 3 N–H and O–H groups in total. The van der Waals surface area contributed by atoms with Crippen LogP contribution in [0.3, 0.4) is 0 Å². The molecule has 1 aliphatic heterocycles. The SMILES string of the molecule is CC(CC(=O)NCCCC(=O)O)N=C1NS(=O)(=O)c2ccccc21. The van der Waals surface area contributed by atoms with E-state index < -0.39 is 22.0 Å². The van der Waals surface area contributed by atoms with Crippen molar-refractivity contribution in [1.82, 2.24) is 10.0 Å². The van der Waals surface area contributed by atoms with Crippen LogP contribution in [0.4, 0.5) is 0 Å². The van der Waals surface area contributed by atoms with Crippen molar-refractivity contribution in [3.8, 4) is 0 Å². The standard InChI is InChI=1S/C15H19N3O5S/c1-10(9-13(19)16-8-4-7-14(20)21)17-15-11-5-2-3-6-12(11)24(22,23)18-15/h2-3,5-6,10H,4,7-9H2,1H3,(H,16,19)(H,17,18)(H,20,21). The molecule has 8 nitrogen and oxygen atoms in total. The van der Waals surface area contributed by atoms with E-state index in [1.54, 1.807) is 25.1 Å². The van der Waals surface area contributed by atoms with Gasteiger partial charge >= 0.3 is 5.97 Å². The van der Waals surface area contributed by atoms with Gasteiger partial charge in [-0.05, 0) is 25.5 Å². The molecule has 0 aliphatic carbocycles. The predicted molar refractivity (Wildman–Crippen MR) is 87.3 cm³/mol. The number of amides is 1. The molecular weight excluding hydrogens is 334 g/mol. The van der Waals surface area contributed by atoms with Crippen molar-refractivity contribution in [3.63, 3.8) is 0 Å². The Kier molecular flexibility index (Phi) is 5.55. The summed E-state index contributed by atoms with van der Waals surface area (Å²) in [6.45, 7) is 1.99. The number of carbonyl (C=O) groups excluding carboxylic acids is 1. The van der Waals surface area contributed by atoms with Crippen molar-refractivity contribution in [2.24, 2.45) is 4.99 Å². The maximum atomic E-state index is 12.0. The van der Waals surface area contributed by atoms with Gasteiger partial charge in [-0.25, -0.2) is 8.42 Å². The lowest BCUT2D eigenvalue weighted by Gasteiger charge is -2.09. The van der Waals surface area contributed by atoms with Crippen molar-refractivity contribution in [1.29, 1.82) is 0 Å². The number of nitrogens with zero attached hydrogens (tertiary/aromatic N) is 1. The highest BCUT2D eigenvalue weighted by atomic mass is 32.2. The molecule has 0 saturated heterocycles. The molecule has 1 aliphatic rings. The highest BCUT2D eigenvalue weighted by molar-refractivity contribution is 7.90. The summed E-state index contributed by atoms with van der Waals surface area (Å²) in [6, 6.07) is 6.09. The number of sulfonamides is 1. The molecule has 1 atom stereocenters. The van der Waals surface area contributed by atoms with Crippen molar-refractivity contribution < 1.29 is 23.1 Å². The van der Waals surface area contributed by atoms with Gasteiger partial charge in [0.1, 0.15) is 5.84 Å². The van der Waals surface area contributed by atoms with E-state index in [0.717, 1.165) is 0 Å². The average Bonchev–Trinajstić information content (AvgIpc) is 2.75. The van der Waals surface area contributed by atoms with Gasteiger partial charge in [0.2, 0.25) is 5.91 Å². The molecule has 2 rings (SSSR count). The van der Waals surface area contributed by atoms with E-state index in [1.807, 2.05) is 0 Å². The van der Waals surface area contributed by atoms with Crippen LogP contribution in [-0.2, 0) is 19.6 Å². The smallest absolute Gasteiger partial charge is 0.303 e. The topological polar surface area (TPSA) is 125 Å². The van der Waals surface area contributed by atoms with Crippen LogP contribution in [0.1, 0.15) is 31.7 Å². The highest BCUT2D eigenvalue weighted by Gasteiger charge is 2.30. The van der Waals surface area contributed by atoms with Gasteiger partial charge in [-0.15, -0.1) is 0 Å². The van der Waals surface area contributed by atoms with Gasteiger partial charge in [0, 0.05) is 24.9 Å². The number of fused-ring (bicyclic) bond motifs is 1. The number of carboxylic acids is 1. The normalized spacial score (nSPS) is 17.8. The van der Waals surface area contributed by atoms with Crippen LogP contribution in [0, 0.1) is 0 Å². The molecule has 0 fully saturated rings. The van der Waals surface area contributed by atoms with Gasteiger partial charge in [0.05, 0.1) is 10.9 Å². The minimum atomic E-state index is -3.59. The molecule has 0 bridgehead atoms. The van der Waals surface area contributed by atoms with Crippen molar-refractivity contribution >= 4 is 27.7 Å². The second kappa shape index (κ2) is 7.43. The van der Waals surface area contributed by atoms with E-state index in [1.165, 1.54) is 6.07 Å². The Morgan fingerprint density at radius 2 is 2.04 bits per heavy atom. The molecule has 1 amide bonds. The lowest BCUT2D eigenvalue weighted by Crippen LogP contribution is -2.29. The minimum Gasteiger partial charge on any atom is -0.481 e. The molecule has 1 aromatic carbocycles. The maximum Gasteiger partial charge on any atom is 0.303 e. The average molecular weight is 353 g/mol. The van der Waals surface area contributed by atoms with Crippen LogP contribution in [0.25, 0.3) is 0 Å². The van der Waals surface area contributed by atoms with E-state index in [2.05, 4.69) is 15.0 Å². The largest absolute Gasteiger partial charge is 0.481 e. The maximum absolute atomic E-state index is 12.0. The van der Waals surface area contributed by atoms with Crippen LogP contribution in [-0.4, -0.2) is 43.8 Å². The number of aliphatic imine (C=N–C) groups is 1. The van der Waals surface area contributed by atoms with Crippen LogP contribution in [0.5, 0.6) is 0 Å². The minimum absolute atomic E-state index is 0.00328. The summed E-state index contributed by atoms with van der Waals surface area (Å²) < 4.78 is 26.3. The number of rotatable bonds is 7. The first-order valence-corrected chi connectivity index (χ1v) is 8.96. The van der Waals surface area contributed by atoms with E-state index in [4.69, 9.17) is 5.11 Å². The van der Waals surface area contributed by atoms with Gasteiger partial charge in [0.25, 0.3) is 10.0 Å². The monoisotopic (exact) mass is 353 g/mol. The Morgan fingerprint density at radius 3 is 2.75 bits per heavy atom. The third-order valence-electron chi connectivity index (χ3n) is 3.38. The summed E-state index contributed by atoms with van der Waals surface area (Å²) in [7, 11) is -3.59. The first kappa shape index (κ1) is 17.9. The molecular formula is C15H19N3O5S. The molecule has 0 radical (unpaired) electrons. The highest BCUT2D eigenvalue weighted by Crippen LogP contribution is 2.22.